The standard InChI is InChI=1S/C31H33NO3/c1-21-17-22(5-10-30(21)35-16-15-32-13-3-2-4-14-32)27-20-31(29-9-7-25(34)19-26(27)29)12-11-23-18-24(33)6-8-28(23)31/h5-10,17-20,33-34H,2-4,11-16H2,1H3. The Morgan fingerprint density at radius 3 is 2.46 bits per heavy atom. The highest BCUT2D eigenvalue weighted by molar-refractivity contribution is 5.89. The lowest BCUT2D eigenvalue weighted by Gasteiger charge is -2.26. The number of likely N-dealkylation sites (tertiary alicyclic amines) is 1. The number of benzene rings is 3. The highest BCUT2D eigenvalue weighted by Crippen LogP contribution is 2.54. The van der Waals surface area contributed by atoms with Crippen molar-refractivity contribution in [1.29, 1.82) is 0 Å². The molecule has 4 nitrogen and oxygen atoms in total. The number of fused-ring (bicyclic) bond motifs is 4. The minimum absolute atomic E-state index is 0.223. The summed E-state index contributed by atoms with van der Waals surface area (Å²) < 4.78 is 6.17. The highest BCUT2D eigenvalue weighted by atomic mass is 16.5. The molecule has 3 aromatic carbocycles. The van der Waals surface area contributed by atoms with E-state index >= 15 is 0 Å². The summed E-state index contributed by atoms with van der Waals surface area (Å²) in [4.78, 5) is 2.50. The number of aromatic hydroxyl groups is 2. The van der Waals surface area contributed by atoms with E-state index in [-0.39, 0.29) is 11.2 Å². The molecule has 180 valence electrons. The summed E-state index contributed by atoms with van der Waals surface area (Å²) in [5.74, 6) is 1.54. The van der Waals surface area contributed by atoms with E-state index in [0.29, 0.717) is 12.4 Å². The van der Waals surface area contributed by atoms with E-state index < -0.39 is 0 Å². The van der Waals surface area contributed by atoms with Crippen LogP contribution in [0.5, 0.6) is 17.2 Å². The van der Waals surface area contributed by atoms with Crippen molar-refractivity contribution in [3.8, 4) is 17.2 Å². The first kappa shape index (κ1) is 22.2. The number of allylic oxidation sites excluding steroid dienone is 1. The van der Waals surface area contributed by atoms with Crippen LogP contribution in [0.1, 0.15) is 59.1 Å². The normalized spacial score (nSPS) is 21.1. The number of piperidine rings is 1. The second-order valence-corrected chi connectivity index (χ2v) is 10.3. The van der Waals surface area contributed by atoms with Crippen molar-refractivity contribution in [3.63, 3.8) is 0 Å². The Kier molecular flexibility index (Phi) is 5.57. The molecule has 0 bridgehead atoms. The van der Waals surface area contributed by atoms with E-state index in [1.165, 1.54) is 49.0 Å². The lowest BCUT2D eigenvalue weighted by molar-refractivity contribution is 0.183. The Bertz CT molecular complexity index is 1300. The predicted molar refractivity (Wildman–Crippen MR) is 139 cm³/mol. The molecule has 1 saturated heterocycles. The Morgan fingerprint density at radius 1 is 0.886 bits per heavy atom. The van der Waals surface area contributed by atoms with E-state index in [9.17, 15) is 10.2 Å². The maximum Gasteiger partial charge on any atom is 0.122 e. The summed E-state index contributed by atoms with van der Waals surface area (Å²) in [6.07, 6.45) is 8.22. The Balaban J connectivity index is 1.31. The maximum absolute atomic E-state index is 10.3. The van der Waals surface area contributed by atoms with Gasteiger partial charge in [0.15, 0.2) is 0 Å². The molecule has 0 amide bonds. The van der Waals surface area contributed by atoms with E-state index in [4.69, 9.17) is 4.74 Å². The third-order valence-electron chi connectivity index (χ3n) is 8.12. The molecule has 0 saturated carbocycles. The smallest absolute Gasteiger partial charge is 0.122 e. The van der Waals surface area contributed by atoms with Gasteiger partial charge in [0, 0.05) is 12.0 Å². The van der Waals surface area contributed by atoms with Crippen molar-refractivity contribution in [1.82, 2.24) is 4.90 Å². The lowest BCUT2D eigenvalue weighted by Crippen LogP contribution is -2.33. The summed E-state index contributed by atoms with van der Waals surface area (Å²) in [5, 5.41) is 20.4. The van der Waals surface area contributed by atoms with Gasteiger partial charge in [-0.3, -0.25) is 4.90 Å². The van der Waals surface area contributed by atoms with E-state index in [1.54, 1.807) is 12.1 Å². The van der Waals surface area contributed by atoms with Crippen LogP contribution in [0.25, 0.3) is 5.57 Å². The molecule has 4 heteroatoms. The number of rotatable bonds is 5. The largest absolute Gasteiger partial charge is 0.508 e. The average molecular weight is 468 g/mol. The van der Waals surface area contributed by atoms with Crippen LogP contribution in [0.2, 0.25) is 0 Å². The number of phenolic OH excluding ortho intramolecular Hbond substituents is 2. The summed E-state index contributed by atoms with van der Waals surface area (Å²) >= 11 is 0. The fourth-order valence-electron chi connectivity index (χ4n) is 6.35. The van der Waals surface area contributed by atoms with Crippen LogP contribution < -0.4 is 4.74 Å². The van der Waals surface area contributed by atoms with Crippen molar-refractivity contribution in [3.05, 3.63) is 94.1 Å². The molecule has 3 aromatic rings. The quantitative estimate of drug-likeness (QED) is 0.487. The van der Waals surface area contributed by atoms with Crippen molar-refractivity contribution in [2.45, 2.75) is 44.4 Å². The van der Waals surface area contributed by atoms with Crippen LogP contribution in [-0.4, -0.2) is 41.4 Å². The zero-order valence-electron chi connectivity index (χ0n) is 20.4. The molecule has 3 aliphatic rings. The minimum atomic E-state index is -0.223. The Morgan fingerprint density at radius 2 is 1.66 bits per heavy atom. The molecule has 6 rings (SSSR count). The molecule has 1 heterocycles. The molecule has 1 fully saturated rings. The van der Waals surface area contributed by atoms with Gasteiger partial charge in [0.25, 0.3) is 0 Å². The summed E-state index contributed by atoms with van der Waals surface area (Å²) in [7, 11) is 0. The Labute approximate surface area is 207 Å². The fraction of sp³-hybridized carbons (Fsp3) is 0.355. The number of ether oxygens (including phenoxy) is 1. The van der Waals surface area contributed by atoms with Crippen molar-refractivity contribution in [2.75, 3.05) is 26.2 Å². The molecule has 1 atom stereocenters. The average Bonchev–Trinajstić information content (AvgIpc) is 3.38. The summed E-state index contributed by atoms with van der Waals surface area (Å²) in [6, 6.07) is 18.0. The van der Waals surface area contributed by atoms with Gasteiger partial charge in [-0.05, 0) is 121 Å². The molecule has 2 N–H and O–H groups in total. The van der Waals surface area contributed by atoms with Gasteiger partial charge in [0.2, 0.25) is 0 Å². The SMILES string of the molecule is Cc1cc(C2=CC3(CCc4cc(O)ccc43)c3ccc(O)cc32)ccc1OCCN1CCCCC1. The number of aryl methyl sites for hydroxylation is 2. The molecule has 2 aliphatic carbocycles. The summed E-state index contributed by atoms with van der Waals surface area (Å²) in [6.45, 7) is 6.18. The first-order valence-corrected chi connectivity index (χ1v) is 12.9. The Hall–Kier alpha value is -3.24. The van der Waals surface area contributed by atoms with Crippen LogP contribution in [-0.2, 0) is 11.8 Å². The number of hydrogen-bond donors (Lipinski definition) is 2. The third-order valence-corrected chi connectivity index (χ3v) is 8.12. The first-order chi connectivity index (χ1) is 17.0. The zero-order chi connectivity index (χ0) is 24.0. The molecule has 1 unspecified atom stereocenters. The highest BCUT2D eigenvalue weighted by Gasteiger charge is 2.44. The molecule has 1 aliphatic heterocycles. The first-order valence-electron chi connectivity index (χ1n) is 12.9. The molecule has 0 aromatic heterocycles. The van der Waals surface area contributed by atoms with Crippen LogP contribution in [0.3, 0.4) is 0 Å². The second-order valence-electron chi connectivity index (χ2n) is 10.3. The van der Waals surface area contributed by atoms with Gasteiger partial charge in [-0.15, -0.1) is 0 Å². The van der Waals surface area contributed by atoms with E-state index in [0.717, 1.165) is 47.4 Å². The van der Waals surface area contributed by atoms with Gasteiger partial charge in [-0.2, -0.15) is 0 Å². The number of hydrogen-bond acceptors (Lipinski definition) is 4. The number of nitrogens with zero attached hydrogens (tertiary/aromatic N) is 1. The van der Waals surface area contributed by atoms with Crippen LogP contribution in [0.15, 0.2) is 60.7 Å². The van der Waals surface area contributed by atoms with Crippen LogP contribution >= 0.6 is 0 Å². The molecule has 0 radical (unpaired) electrons. The van der Waals surface area contributed by atoms with Crippen LogP contribution in [0.4, 0.5) is 0 Å². The van der Waals surface area contributed by atoms with Gasteiger partial charge < -0.3 is 14.9 Å². The van der Waals surface area contributed by atoms with Gasteiger partial charge in [0.05, 0.1) is 0 Å². The van der Waals surface area contributed by atoms with Gasteiger partial charge in [-0.1, -0.05) is 30.7 Å². The van der Waals surface area contributed by atoms with E-state index in [1.807, 2.05) is 12.1 Å². The van der Waals surface area contributed by atoms with Crippen molar-refractivity contribution < 1.29 is 14.9 Å². The van der Waals surface area contributed by atoms with Gasteiger partial charge in [0.1, 0.15) is 23.9 Å². The monoisotopic (exact) mass is 467 g/mol. The number of phenols is 2. The molecular formula is C31H33NO3. The molecular weight excluding hydrogens is 434 g/mol. The topological polar surface area (TPSA) is 52.9 Å². The van der Waals surface area contributed by atoms with Gasteiger partial charge >= 0.3 is 0 Å². The fourth-order valence-corrected chi connectivity index (χ4v) is 6.35. The summed E-state index contributed by atoms with van der Waals surface area (Å²) in [5.41, 5.74) is 7.97. The second kappa shape index (κ2) is 8.76. The van der Waals surface area contributed by atoms with Gasteiger partial charge in [-0.25, -0.2) is 0 Å². The minimum Gasteiger partial charge on any atom is -0.508 e. The van der Waals surface area contributed by atoms with Crippen molar-refractivity contribution in [2.24, 2.45) is 0 Å². The predicted octanol–water partition coefficient (Wildman–Crippen LogP) is 5.95. The molecule has 1 spiro atoms. The third kappa shape index (κ3) is 3.90. The lowest BCUT2D eigenvalue weighted by atomic mass is 9.77. The molecule has 35 heavy (non-hydrogen) atoms. The van der Waals surface area contributed by atoms with Crippen molar-refractivity contribution >= 4 is 5.57 Å². The van der Waals surface area contributed by atoms with Crippen LogP contribution in [0, 0.1) is 6.92 Å². The zero-order valence-corrected chi connectivity index (χ0v) is 20.4. The van der Waals surface area contributed by atoms with E-state index in [2.05, 4.69) is 48.2 Å². The maximum atomic E-state index is 10.3.